The van der Waals surface area contributed by atoms with Crippen molar-refractivity contribution >= 4 is 29.4 Å². The van der Waals surface area contributed by atoms with Crippen LogP contribution in [-0.2, 0) is 20.6 Å². The van der Waals surface area contributed by atoms with Gasteiger partial charge in [0.25, 0.3) is 11.8 Å². The van der Waals surface area contributed by atoms with Gasteiger partial charge in [0.1, 0.15) is 11.6 Å². The summed E-state index contributed by atoms with van der Waals surface area (Å²) >= 11 is 0. The lowest BCUT2D eigenvalue weighted by atomic mass is 10.0. The Morgan fingerprint density at radius 3 is 2.12 bits per heavy atom. The molecule has 1 fully saturated rings. The number of aromatic nitrogens is 2. The quantitative estimate of drug-likeness (QED) is 0.708. The zero-order chi connectivity index (χ0) is 23.8. The summed E-state index contributed by atoms with van der Waals surface area (Å²) < 4.78 is 44.0. The number of nitrogens with one attached hydrogen (secondary N) is 1. The average molecular weight is 451 g/mol. The van der Waals surface area contributed by atoms with Crippen LogP contribution in [0.3, 0.4) is 0 Å². The van der Waals surface area contributed by atoms with Crippen LogP contribution < -0.4 is 10.1 Å². The van der Waals surface area contributed by atoms with E-state index >= 15 is 0 Å². The summed E-state index contributed by atoms with van der Waals surface area (Å²) in [5.41, 5.74) is -0.973. The number of alkyl halides is 3. The van der Waals surface area contributed by atoms with Crippen LogP contribution in [-0.4, -0.2) is 57.6 Å². The summed E-state index contributed by atoms with van der Waals surface area (Å²) in [5, 5.41) is 2.38. The first-order valence-corrected chi connectivity index (χ1v) is 8.99. The fraction of sp³-hybridized carbons (Fsp3) is 0.263. The van der Waals surface area contributed by atoms with Crippen molar-refractivity contribution in [2.24, 2.45) is 5.92 Å². The molecule has 0 saturated carbocycles. The van der Waals surface area contributed by atoms with Gasteiger partial charge in [0.15, 0.2) is 11.6 Å². The van der Waals surface area contributed by atoms with Crippen LogP contribution >= 0.6 is 0 Å². The largest absolute Gasteiger partial charge is 0.439 e. The number of hydrogen-bond donors (Lipinski definition) is 1. The molecule has 168 valence electrons. The summed E-state index contributed by atoms with van der Waals surface area (Å²) in [5.74, 6) is -4.94. The standard InChI is InChI=1S/C19H16F3N5O5/c1-9-23-12(19(20,21)22)8-13(24-9)32-11-6-4-10(5-7-11)25-15(28)14-16(29)26(2)18(31)27(3)17(14)30/h4-8,14H,1-3H3,(H,25,28). The SMILES string of the molecule is Cc1nc(Oc2ccc(NC(=O)C3C(=O)N(C)C(=O)N(C)C3=O)cc2)cc(C(F)(F)F)n1. The maximum Gasteiger partial charge on any atom is 0.433 e. The maximum absolute atomic E-state index is 12.9. The van der Waals surface area contributed by atoms with E-state index in [0.29, 0.717) is 15.9 Å². The van der Waals surface area contributed by atoms with Crippen LogP contribution in [0.2, 0.25) is 0 Å². The van der Waals surface area contributed by atoms with Gasteiger partial charge in [-0.05, 0) is 31.2 Å². The van der Waals surface area contributed by atoms with Gasteiger partial charge in [0.05, 0.1) is 0 Å². The first kappa shape index (κ1) is 22.7. The molecule has 13 heteroatoms. The van der Waals surface area contributed by atoms with Gasteiger partial charge >= 0.3 is 12.2 Å². The molecule has 0 atom stereocenters. The van der Waals surface area contributed by atoms with E-state index < -0.39 is 41.5 Å². The average Bonchev–Trinajstić information content (AvgIpc) is 2.71. The second kappa shape index (κ2) is 8.24. The van der Waals surface area contributed by atoms with Crippen LogP contribution in [0.25, 0.3) is 0 Å². The third-order valence-electron chi connectivity index (χ3n) is 4.44. The lowest BCUT2D eigenvalue weighted by Gasteiger charge is -2.32. The monoisotopic (exact) mass is 451 g/mol. The summed E-state index contributed by atoms with van der Waals surface area (Å²) in [7, 11) is 2.30. The van der Waals surface area contributed by atoms with E-state index in [9.17, 15) is 32.3 Å². The summed E-state index contributed by atoms with van der Waals surface area (Å²) in [4.78, 5) is 57.0. The smallest absolute Gasteiger partial charge is 0.433 e. The number of rotatable bonds is 4. The van der Waals surface area contributed by atoms with Gasteiger partial charge in [-0.15, -0.1) is 0 Å². The summed E-state index contributed by atoms with van der Waals surface area (Å²) in [6, 6.07) is 5.18. The number of carbonyl (C=O) groups excluding carboxylic acids is 4. The number of halogens is 3. The molecular formula is C19H16F3N5O5. The van der Waals surface area contributed by atoms with Crippen molar-refractivity contribution in [1.29, 1.82) is 0 Å². The predicted octanol–water partition coefficient (Wildman–Crippen LogP) is 2.20. The van der Waals surface area contributed by atoms with Crippen molar-refractivity contribution in [3.8, 4) is 11.6 Å². The second-order valence-corrected chi connectivity index (χ2v) is 6.76. The number of benzene rings is 1. The molecule has 0 radical (unpaired) electrons. The predicted molar refractivity (Wildman–Crippen MR) is 101 cm³/mol. The molecule has 0 spiro atoms. The highest BCUT2D eigenvalue weighted by Crippen LogP contribution is 2.31. The van der Waals surface area contributed by atoms with E-state index in [1.54, 1.807) is 0 Å². The van der Waals surface area contributed by atoms with Gasteiger partial charge in [-0.3, -0.25) is 24.2 Å². The first-order valence-electron chi connectivity index (χ1n) is 8.99. The van der Waals surface area contributed by atoms with Crippen molar-refractivity contribution in [1.82, 2.24) is 19.8 Å². The van der Waals surface area contributed by atoms with E-state index in [0.717, 1.165) is 14.1 Å². The molecule has 1 aromatic heterocycles. The number of nitrogens with zero attached hydrogens (tertiary/aromatic N) is 4. The highest BCUT2D eigenvalue weighted by Gasteiger charge is 2.46. The van der Waals surface area contributed by atoms with Crippen LogP contribution in [0.4, 0.5) is 23.7 Å². The minimum Gasteiger partial charge on any atom is -0.439 e. The Labute approximate surface area is 179 Å². The number of anilines is 1. The minimum absolute atomic E-state index is 0.115. The Morgan fingerprint density at radius 2 is 1.59 bits per heavy atom. The van der Waals surface area contributed by atoms with E-state index in [-0.39, 0.29) is 23.1 Å². The van der Waals surface area contributed by atoms with Gasteiger partial charge in [0, 0.05) is 25.8 Å². The molecule has 2 heterocycles. The zero-order valence-corrected chi connectivity index (χ0v) is 16.9. The molecular weight excluding hydrogens is 435 g/mol. The van der Waals surface area contributed by atoms with Gasteiger partial charge in [-0.1, -0.05) is 0 Å². The lowest BCUT2D eigenvalue weighted by molar-refractivity contribution is -0.151. The number of amides is 5. The molecule has 2 aromatic rings. The highest BCUT2D eigenvalue weighted by molar-refractivity contribution is 6.27. The highest BCUT2D eigenvalue weighted by atomic mass is 19.4. The number of imide groups is 2. The molecule has 1 saturated heterocycles. The lowest BCUT2D eigenvalue weighted by Crippen LogP contribution is -2.59. The van der Waals surface area contributed by atoms with E-state index in [2.05, 4.69) is 15.3 Å². The third kappa shape index (κ3) is 4.50. The van der Waals surface area contributed by atoms with Crippen molar-refractivity contribution in [2.75, 3.05) is 19.4 Å². The molecule has 0 aliphatic carbocycles. The molecule has 0 unspecified atom stereocenters. The Balaban J connectivity index is 1.72. The summed E-state index contributed by atoms with van der Waals surface area (Å²) in [6.45, 7) is 1.29. The number of urea groups is 1. The number of hydrogen-bond acceptors (Lipinski definition) is 7. The first-order chi connectivity index (χ1) is 14.9. The summed E-state index contributed by atoms with van der Waals surface area (Å²) in [6.07, 6.45) is -4.67. The number of barbiturate groups is 1. The topological polar surface area (TPSA) is 122 Å². The van der Waals surface area contributed by atoms with Crippen LogP contribution in [0.1, 0.15) is 11.5 Å². The van der Waals surface area contributed by atoms with Crippen LogP contribution in [0.5, 0.6) is 11.6 Å². The molecule has 1 aliphatic rings. The van der Waals surface area contributed by atoms with E-state index in [1.807, 2.05) is 0 Å². The second-order valence-electron chi connectivity index (χ2n) is 6.76. The Bertz CT molecular complexity index is 1080. The molecule has 10 nitrogen and oxygen atoms in total. The Morgan fingerprint density at radius 1 is 1.03 bits per heavy atom. The van der Waals surface area contributed by atoms with Crippen LogP contribution in [0, 0.1) is 12.8 Å². The van der Waals surface area contributed by atoms with E-state index in [4.69, 9.17) is 4.74 Å². The van der Waals surface area contributed by atoms with Gasteiger partial charge < -0.3 is 10.1 Å². The molecule has 0 bridgehead atoms. The molecule has 5 amide bonds. The van der Waals surface area contributed by atoms with Crippen LogP contribution in [0.15, 0.2) is 30.3 Å². The number of ether oxygens (including phenoxy) is 1. The minimum atomic E-state index is -4.67. The molecule has 1 N–H and O–H groups in total. The van der Waals surface area contributed by atoms with Crippen molar-refractivity contribution < 1.29 is 37.1 Å². The van der Waals surface area contributed by atoms with Crippen molar-refractivity contribution in [3.63, 3.8) is 0 Å². The number of carbonyl (C=O) groups is 4. The zero-order valence-electron chi connectivity index (χ0n) is 16.9. The van der Waals surface area contributed by atoms with Gasteiger partial charge in [-0.2, -0.15) is 18.2 Å². The molecule has 32 heavy (non-hydrogen) atoms. The Kier molecular flexibility index (Phi) is 5.84. The normalized spacial score (nSPS) is 15.2. The van der Waals surface area contributed by atoms with Gasteiger partial charge in [-0.25, -0.2) is 9.78 Å². The molecule has 1 aromatic carbocycles. The van der Waals surface area contributed by atoms with Crippen molar-refractivity contribution in [2.45, 2.75) is 13.1 Å². The van der Waals surface area contributed by atoms with Gasteiger partial charge in [0.2, 0.25) is 11.8 Å². The third-order valence-corrected chi connectivity index (χ3v) is 4.44. The van der Waals surface area contributed by atoms with Crippen molar-refractivity contribution in [3.05, 3.63) is 41.9 Å². The maximum atomic E-state index is 12.9. The number of aryl methyl sites for hydroxylation is 1. The molecule has 1 aliphatic heterocycles. The fourth-order valence-electron chi connectivity index (χ4n) is 2.81. The molecule has 3 rings (SSSR count). The fourth-order valence-corrected chi connectivity index (χ4v) is 2.81. The Hall–Kier alpha value is -4.03. The van der Waals surface area contributed by atoms with E-state index in [1.165, 1.54) is 31.2 Å².